The molecule has 0 unspecified atom stereocenters. The summed E-state index contributed by atoms with van der Waals surface area (Å²) in [5, 5.41) is 9.85. The van der Waals surface area contributed by atoms with Gasteiger partial charge in [0.05, 0.1) is 17.3 Å². The molecule has 1 fully saturated rings. The van der Waals surface area contributed by atoms with E-state index in [-0.39, 0.29) is 17.5 Å². The molecule has 1 aromatic heterocycles. The van der Waals surface area contributed by atoms with Crippen molar-refractivity contribution in [3.05, 3.63) is 71.3 Å². The van der Waals surface area contributed by atoms with Gasteiger partial charge in [-0.1, -0.05) is 24.3 Å². The van der Waals surface area contributed by atoms with E-state index < -0.39 is 23.8 Å². The average Bonchev–Trinajstić information content (AvgIpc) is 3.34. The van der Waals surface area contributed by atoms with Crippen LogP contribution < -0.4 is 10.6 Å². The van der Waals surface area contributed by atoms with E-state index in [2.05, 4.69) is 15.7 Å². The lowest BCUT2D eigenvalue weighted by molar-refractivity contribution is -0.120. The normalized spacial score (nSPS) is 19.5. The Balaban J connectivity index is 1.43. The Morgan fingerprint density at radius 1 is 1.15 bits per heavy atom. The molecular weight excluding hydrogens is 425 g/mol. The highest BCUT2D eigenvalue weighted by molar-refractivity contribution is 6.11. The van der Waals surface area contributed by atoms with Crippen molar-refractivity contribution in [2.75, 3.05) is 11.9 Å². The first-order valence-corrected chi connectivity index (χ1v) is 10.7. The van der Waals surface area contributed by atoms with Crippen molar-refractivity contribution >= 4 is 23.4 Å². The summed E-state index contributed by atoms with van der Waals surface area (Å²) in [7, 11) is 1.74. The summed E-state index contributed by atoms with van der Waals surface area (Å²) in [6, 6.07) is 11.5. The van der Waals surface area contributed by atoms with Crippen LogP contribution in [0, 0.1) is 12.7 Å². The molecule has 3 heterocycles. The van der Waals surface area contributed by atoms with Crippen molar-refractivity contribution in [3.8, 4) is 11.1 Å². The quantitative estimate of drug-likeness (QED) is 0.645. The second kappa shape index (κ2) is 7.84. The molecule has 0 radical (unpaired) electrons. The van der Waals surface area contributed by atoms with E-state index >= 15 is 0 Å². The fraction of sp³-hybridized carbons (Fsp3) is 0.250. The Labute approximate surface area is 189 Å². The molecule has 5 rings (SSSR count). The predicted molar refractivity (Wildman–Crippen MR) is 119 cm³/mol. The van der Waals surface area contributed by atoms with E-state index in [4.69, 9.17) is 0 Å². The highest BCUT2D eigenvalue weighted by atomic mass is 19.1. The van der Waals surface area contributed by atoms with Crippen molar-refractivity contribution in [3.63, 3.8) is 0 Å². The first-order valence-electron chi connectivity index (χ1n) is 10.7. The SMILES string of the molecule is Cc1cc(C(=O)N[C@H]2CCN3C(=O)c4cc(-c5ccccc5F)ccc4NC(=O)[C@H]23)nn1C. The number of anilines is 1. The minimum absolute atomic E-state index is 0.256. The molecule has 1 saturated heterocycles. The van der Waals surface area contributed by atoms with Gasteiger partial charge in [-0.25, -0.2) is 4.39 Å². The standard InChI is InChI=1S/C24H22FN5O3/c1-13-11-20(28-29(13)2)22(31)27-19-9-10-30-21(19)23(32)26-18-8-7-14(12-16(18)24(30)33)15-5-3-4-6-17(15)25/h3-8,11-12,19,21H,9-10H2,1-2H3,(H,26,32)(H,27,31)/t19-,21-/m0/s1. The third kappa shape index (κ3) is 3.55. The Bertz CT molecular complexity index is 1280. The minimum Gasteiger partial charge on any atom is -0.345 e. The number of nitrogens with one attached hydrogen (secondary N) is 2. The molecule has 3 amide bonds. The molecule has 0 spiro atoms. The number of nitrogens with zero attached hydrogens (tertiary/aromatic N) is 3. The van der Waals surface area contributed by atoms with E-state index in [1.807, 2.05) is 6.92 Å². The number of halogens is 1. The lowest BCUT2D eigenvalue weighted by Crippen LogP contribution is -2.51. The topological polar surface area (TPSA) is 96.3 Å². The summed E-state index contributed by atoms with van der Waals surface area (Å²) >= 11 is 0. The third-order valence-corrected chi connectivity index (χ3v) is 6.28. The van der Waals surface area contributed by atoms with Crippen molar-refractivity contribution in [1.29, 1.82) is 0 Å². The molecule has 9 heteroatoms. The molecule has 168 valence electrons. The van der Waals surface area contributed by atoms with Crippen LogP contribution in [0.5, 0.6) is 0 Å². The summed E-state index contributed by atoms with van der Waals surface area (Å²) in [6.07, 6.45) is 0.434. The van der Waals surface area contributed by atoms with Crippen LogP contribution in [0.2, 0.25) is 0 Å². The number of fused-ring (bicyclic) bond motifs is 2. The predicted octanol–water partition coefficient (Wildman–Crippen LogP) is 2.50. The van der Waals surface area contributed by atoms with E-state index in [1.54, 1.807) is 54.2 Å². The summed E-state index contributed by atoms with van der Waals surface area (Å²) in [4.78, 5) is 40.6. The first kappa shape index (κ1) is 20.9. The maximum absolute atomic E-state index is 14.3. The lowest BCUT2D eigenvalue weighted by atomic mass is 10.0. The van der Waals surface area contributed by atoms with Gasteiger partial charge in [-0.05, 0) is 43.2 Å². The number of carbonyl (C=O) groups is 3. The van der Waals surface area contributed by atoms with Crippen LogP contribution >= 0.6 is 0 Å². The summed E-state index contributed by atoms with van der Waals surface area (Å²) < 4.78 is 15.9. The highest BCUT2D eigenvalue weighted by Crippen LogP contribution is 2.33. The van der Waals surface area contributed by atoms with E-state index in [1.165, 1.54) is 11.0 Å². The zero-order chi connectivity index (χ0) is 23.3. The van der Waals surface area contributed by atoms with Gasteiger partial charge >= 0.3 is 0 Å². The molecule has 2 atom stereocenters. The maximum atomic E-state index is 14.3. The number of aryl methyl sites for hydroxylation is 2. The van der Waals surface area contributed by atoms with Crippen molar-refractivity contribution in [2.24, 2.45) is 7.05 Å². The Hall–Kier alpha value is -4.01. The van der Waals surface area contributed by atoms with Crippen LogP contribution in [0.15, 0.2) is 48.5 Å². The zero-order valence-corrected chi connectivity index (χ0v) is 18.1. The highest BCUT2D eigenvalue weighted by Gasteiger charge is 2.45. The Morgan fingerprint density at radius 2 is 1.94 bits per heavy atom. The second-order valence-electron chi connectivity index (χ2n) is 8.34. The smallest absolute Gasteiger partial charge is 0.272 e. The van der Waals surface area contributed by atoms with Gasteiger partial charge in [-0.15, -0.1) is 0 Å². The van der Waals surface area contributed by atoms with Crippen LogP contribution in [0.25, 0.3) is 11.1 Å². The number of aromatic nitrogens is 2. The fourth-order valence-electron chi connectivity index (χ4n) is 4.46. The maximum Gasteiger partial charge on any atom is 0.272 e. The molecule has 0 saturated carbocycles. The molecule has 33 heavy (non-hydrogen) atoms. The number of benzene rings is 2. The van der Waals surface area contributed by atoms with E-state index in [0.29, 0.717) is 35.3 Å². The number of amides is 3. The molecule has 3 aromatic rings. The van der Waals surface area contributed by atoms with Gasteiger partial charge in [0.15, 0.2) is 0 Å². The third-order valence-electron chi connectivity index (χ3n) is 6.28. The summed E-state index contributed by atoms with van der Waals surface area (Å²) in [5.41, 5.74) is 2.66. The van der Waals surface area contributed by atoms with Gasteiger partial charge < -0.3 is 15.5 Å². The molecule has 2 aliphatic heterocycles. The van der Waals surface area contributed by atoms with E-state index in [9.17, 15) is 18.8 Å². The molecule has 0 aliphatic carbocycles. The molecule has 8 nitrogen and oxygen atoms in total. The number of rotatable bonds is 3. The number of carbonyl (C=O) groups excluding carboxylic acids is 3. The van der Waals surface area contributed by atoms with Crippen molar-refractivity contribution < 1.29 is 18.8 Å². The monoisotopic (exact) mass is 447 g/mol. The van der Waals surface area contributed by atoms with Crippen LogP contribution in [0.1, 0.15) is 33.0 Å². The molecule has 0 bridgehead atoms. The van der Waals surface area contributed by atoms with Crippen molar-refractivity contribution in [1.82, 2.24) is 20.0 Å². The zero-order valence-electron chi connectivity index (χ0n) is 18.1. The average molecular weight is 447 g/mol. The van der Waals surface area contributed by atoms with Gasteiger partial charge in [0, 0.05) is 24.8 Å². The van der Waals surface area contributed by atoms with Crippen LogP contribution in [0.4, 0.5) is 10.1 Å². The van der Waals surface area contributed by atoms with Crippen molar-refractivity contribution in [2.45, 2.75) is 25.4 Å². The summed E-state index contributed by atoms with van der Waals surface area (Å²) in [6.45, 7) is 2.15. The van der Waals surface area contributed by atoms with Gasteiger partial charge in [0.2, 0.25) is 5.91 Å². The van der Waals surface area contributed by atoms with E-state index in [0.717, 1.165) is 5.69 Å². The van der Waals surface area contributed by atoms with Gasteiger partial charge in [-0.3, -0.25) is 19.1 Å². The molecule has 2 aliphatic rings. The van der Waals surface area contributed by atoms with Gasteiger partial charge in [-0.2, -0.15) is 5.10 Å². The largest absolute Gasteiger partial charge is 0.345 e. The van der Waals surface area contributed by atoms with Crippen LogP contribution in [-0.4, -0.2) is 51.0 Å². The lowest BCUT2D eigenvalue weighted by Gasteiger charge is -2.24. The van der Waals surface area contributed by atoms with Gasteiger partial charge in [0.1, 0.15) is 17.6 Å². The van der Waals surface area contributed by atoms with Crippen LogP contribution in [0.3, 0.4) is 0 Å². The first-order chi connectivity index (χ1) is 15.8. The molecular formula is C24H22FN5O3. The molecule has 2 N–H and O–H groups in total. The fourth-order valence-corrected chi connectivity index (χ4v) is 4.46. The summed E-state index contributed by atoms with van der Waals surface area (Å²) in [5.74, 6) is -1.50. The molecule has 2 aromatic carbocycles. The Morgan fingerprint density at radius 3 is 2.67 bits per heavy atom. The number of hydrogen-bond acceptors (Lipinski definition) is 4. The minimum atomic E-state index is -0.851. The second-order valence-corrected chi connectivity index (χ2v) is 8.34. The Kier molecular flexibility index (Phi) is 4.96. The number of hydrogen-bond donors (Lipinski definition) is 2. The van der Waals surface area contributed by atoms with Gasteiger partial charge in [0.25, 0.3) is 11.8 Å². The van der Waals surface area contributed by atoms with Crippen LogP contribution in [-0.2, 0) is 11.8 Å².